The molecule has 1 atom stereocenters. The zero-order valence-corrected chi connectivity index (χ0v) is 10.5. The third kappa shape index (κ3) is 1.85. The molecule has 1 saturated heterocycles. The highest BCUT2D eigenvalue weighted by Gasteiger charge is 2.24. The van der Waals surface area contributed by atoms with Crippen molar-refractivity contribution >= 4 is 15.9 Å². The molecule has 86 valence electrons. The van der Waals surface area contributed by atoms with Crippen LogP contribution in [0, 0.1) is 0 Å². The van der Waals surface area contributed by atoms with E-state index in [9.17, 15) is 0 Å². The van der Waals surface area contributed by atoms with Gasteiger partial charge in [-0.15, -0.1) is 0 Å². The standard InChI is InChI=1S/C12H14BrNO2/c13-9-4-8-6-15-7-16-12(8)10(5-9)11-2-1-3-14-11/h4-5,11,14H,1-3,6-7H2. The molecule has 0 bridgehead atoms. The third-order valence-electron chi connectivity index (χ3n) is 3.14. The molecule has 0 spiro atoms. The molecular weight excluding hydrogens is 270 g/mol. The average molecular weight is 284 g/mol. The summed E-state index contributed by atoms with van der Waals surface area (Å²) in [6.07, 6.45) is 2.43. The van der Waals surface area contributed by atoms with Crippen molar-refractivity contribution in [3.63, 3.8) is 0 Å². The molecule has 1 aromatic carbocycles. The molecule has 3 rings (SSSR count). The van der Waals surface area contributed by atoms with Crippen LogP contribution in [0.5, 0.6) is 5.75 Å². The molecule has 1 aromatic rings. The molecule has 0 radical (unpaired) electrons. The minimum atomic E-state index is 0.369. The second-order valence-corrected chi connectivity index (χ2v) is 5.16. The largest absolute Gasteiger partial charge is 0.467 e. The Hall–Kier alpha value is -0.580. The van der Waals surface area contributed by atoms with E-state index in [-0.39, 0.29) is 0 Å². The zero-order valence-electron chi connectivity index (χ0n) is 8.96. The van der Waals surface area contributed by atoms with E-state index in [1.54, 1.807) is 0 Å². The van der Waals surface area contributed by atoms with Crippen LogP contribution >= 0.6 is 15.9 Å². The molecule has 0 saturated carbocycles. The molecule has 0 aromatic heterocycles. The van der Waals surface area contributed by atoms with Crippen molar-refractivity contribution in [1.29, 1.82) is 0 Å². The lowest BCUT2D eigenvalue weighted by Crippen LogP contribution is -2.18. The van der Waals surface area contributed by atoms with Crippen LogP contribution in [0.2, 0.25) is 0 Å². The smallest absolute Gasteiger partial charge is 0.189 e. The Kier molecular flexibility index (Phi) is 2.88. The fourth-order valence-electron chi connectivity index (χ4n) is 2.42. The lowest BCUT2D eigenvalue weighted by atomic mass is 10.0. The molecule has 2 aliphatic rings. The first kappa shape index (κ1) is 10.6. The predicted molar refractivity (Wildman–Crippen MR) is 64.4 cm³/mol. The van der Waals surface area contributed by atoms with E-state index in [1.807, 2.05) is 0 Å². The van der Waals surface area contributed by atoms with Crippen molar-refractivity contribution < 1.29 is 9.47 Å². The summed E-state index contributed by atoms with van der Waals surface area (Å²) in [6, 6.07) is 4.67. The van der Waals surface area contributed by atoms with Gasteiger partial charge in [0.05, 0.1) is 6.61 Å². The van der Waals surface area contributed by atoms with Crippen LogP contribution in [-0.4, -0.2) is 13.3 Å². The number of nitrogens with one attached hydrogen (secondary N) is 1. The molecule has 1 fully saturated rings. The van der Waals surface area contributed by atoms with Crippen LogP contribution in [0.4, 0.5) is 0 Å². The van der Waals surface area contributed by atoms with Gasteiger partial charge in [-0.1, -0.05) is 15.9 Å². The van der Waals surface area contributed by atoms with Crippen molar-refractivity contribution in [2.24, 2.45) is 0 Å². The molecule has 16 heavy (non-hydrogen) atoms. The van der Waals surface area contributed by atoms with Crippen LogP contribution in [0.3, 0.4) is 0 Å². The zero-order chi connectivity index (χ0) is 11.0. The molecule has 0 aliphatic carbocycles. The van der Waals surface area contributed by atoms with Gasteiger partial charge in [-0.2, -0.15) is 0 Å². The van der Waals surface area contributed by atoms with Gasteiger partial charge in [0, 0.05) is 21.6 Å². The van der Waals surface area contributed by atoms with Crippen molar-refractivity contribution in [2.45, 2.75) is 25.5 Å². The second kappa shape index (κ2) is 4.35. The van der Waals surface area contributed by atoms with Crippen LogP contribution in [0.15, 0.2) is 16.6 Å². The van der Waals surface area contributed by atoms with E-state index in [4.69, 9.17) is 9.47 Å². The number of fused-ring (bicyclic) bond motifs is 1. The Balaban J connectivity index is 2.04. The molecular formula is C12H14BrNO2. The SMILES string of the molecule is Brc1cc2c(c(C3CCCN3)c1)OCOC2. The fraction of sp³-hybridized carbons (Fsp3) is 0.500. The van der Waals surface area contributed by atoms with Crippen molar-refractivity contribution in [3.8, 4) is 5.75 Å². The van der Waals surface area contributed by atoms with Crippen LogP contribution < -0.4 is 10.1 Å². The Bertz CT molecular complexity index is 402. The van der Waals surface area contributed by atoms with E-state index < -0.39 is 0 Å². The van der Waals surface area contributed by atoms with Gasteiger partial charge in [-0.3, -0.25) is 0 Å². The lowest BCUT2D eigenvalue weighted by Gasteiger charge is -2.23. The number of benzene rings is 1. The summed E-state index contributed by atoms with van der Waals surface area (Å²) in [5.41, 5.74) is 2.41. The minimum absolute atomic E-state index is 0.369. The summed E-state index contributed by atoms with van der Waals surface area (Å²) in [5.74, 6) is 1.02. The molecule has 1 N–H and O–H groups in total. The normalized spacial score (nSPS) is 23.9. The van der Waals surface area contributed by atoms with Gasteiger partial charge in [0.2, 0.25) is 0 Å². The predicted octanol–water partition coefficient (Wildman–Crippen LogP) is 2.74. The summed E-state index contributed by atoms with van der Waals surface area (Å²) in [6.45, 7) is 2.12. The second-order valence-electron chi connectivity index (χ2n) is 4.24. The first-order valence-electron chi connectivity index (χ1n) is 5.61. The van der Waals surface area contributed by atoms with E-state index in [1.165, 1.54) is 18.4 Å². The summed E-state index contributed by atoms with van der Waals surface area (Å²) < 4.78 is 12.0. The minimum Gasteiger partial charge on any atom is -0.467 e. The number of hydrogen-bond donors (Lipinski definition) is 1. The highest BCUT2D eigenvalue weighted by atomic mass is 79.9. The van der Waals surface area contributed by atoms with Gasteiger partial charge in [0.15, 0.2) is 6.79 Å². The highest BCUT2D eigenvalue weighted by Crippen LogP contribution is 2.37. The summed E-state index contributed by atoms with van der Waals surface area (Å²) in [5, 5.41) is 3.51. The van der Waals surface area contributed by atoms with Gasteiger partial charge in [0.1, 0.15) is 5.75 Å². The van der Waals surface area contributed by atoms with Gasteiger partial charge in [-0.05, 0) is 31.5 Å². The summed E-state index contributed by atoms with van der Waals surface area (Å²) >= 11 is 3.55. The molecule has 1 unspecified atom stereocenters. The van der Waals surface area contributed by atoms with E-state index >= 15 is 0 Å². The summed E-state index contributed by atoms with van der Waals surface area (Å²) in [4.78, 5) is 0. The average Bonchev–Trinajstić information content (AvgIpc) is 2.81. The fourth-order valence-corrected chi connectivity index (χ4v) is 2.94. The van der Waals surface area contributed by atoms with E-state index in [0.717, 1.165) is 22.3 Å². The lowest BCUT2D eigenvalue weighted by molar-refractivity contribution is -0.0173. The number of halogens is 1. The van der Waals surface area contributed by atoms with Crippen molar-refractivity contribution in [1.82, 2.24) is 5.32 Å². The van der Waals surface area contributed by atoms with Crippen LogP contribution in [-0.2, 0) is 11.3 Å². The Morgan fingerprint density at radius 1 is 1.38 bits per heavy atom. The monoisotopic (exact) mass is 283 g/mol. The van der Waals surface area contributed by atoms with Crippen molar-refractivity contribution in [2.75, 3.05) is 13.3 Å². The Morgan fingerprint density at radius 3 is 3.12 bits per heavy atom. The van der Waals surface area contributed by atoms with E-state index in [2.05, 4.69) is 33.4 Å². The first-order valence-corrected chi connectivity index (χ1v) is 6.40. The third-order valence-corrected chi connectivity index (χ3v) is 3.60. The summed E-state index contributed by atoms with van der Waals surface area (Å²) in [7, 11) is 0. The topological polar surface area (TPSA) is 30.5 Å². The first-order chi connectivity index (χ1) is 7.84. The van der Waals surface area contributed by atoms with Gasteiger partial charge >= 0.3 is 0 Å². The molecule has 3 nitrogen and oxygen atoms in total. The van der Waals surface area contributed by atoms with E-state index in [0.29, 0.717) is 19.4 Å². The Labute approximate surface area is 103 Å². The highest BCUT2D eigenvalue weighted by molar-refractivity contribution is 9.10. The van der Waals surface area contributed by atoms with Crippen LogP contribution in [0.25, 0.3) is 0 Å². The quantitative estimate of drug-likeness (QED) is 0.860. The Morgan fingerprint density at radius 2 is 2.31 bits per heavy atom. The number of ether oxygens (including phenoxy) is 2. The van der Waals surface area contributed by atoms with Crippen LogP contribution in [0.1, 0.15) is 30.0 Å². The maximum atomic E-state index is 5.64. The van der Waals surface area contributed by atoms with Gasteiger partial charge in [-0.25, -0.2) is 0 Å². The molecule has 2 aliphatic heterocycles. The van der Waals surface area contributed by atoms with Gasteiger partial charge in [0.25, 0.3) is 0 Å². The molecule has 0 amide bonds. The maximum Gasteiger partial charge on any atom is 0.189 e. The van der Waals surface area contributed by atoms with Gasteiger partial charge < -0.3 is 14.8 Å². The number of rotatable bonds is 1. The van der Waals surface area contributed by atoms with Crippen molar-refractivity contribution in [3.05, 3.63) is 27.7 Å². The maximum absolute atomic E-state index is 5.64. The number of hydrogen-bond acceptors (Lipinski definition) is 3. The molecule has 2 heterocycles. The molecule has 4 heteroatoms.